The van der Waals surface area contributed by atoms with Crippen LogP contribution in [0.1, 0.15) is 37.8 Å². The largest absolute Gasteiger partial charge is 0.417 e. The SMILES string of the molecule is CC(C)C(=O)N1CCC2(CC1)CN(c1ccc(C#N)c(C(F)(F)F)c1)CC2CO. The summed E-state index contributed by atoms with van der Waals surface area (Å²) in [5.74, 6) is -0.0295. The van der Waals surface area contributed by atoms with Gasteiger partial charge in [0, 0.05) is 50.3 Å². The zero-order chi connectivity index (χ0) is 21.4. The van der Waals surface area contributed by atoms with Crippen molar-refractivity contribution in [1.29, 1.82) is 5.26 Å². The number of carbonyl (C=O) groups excluding carboxylic acids is 1. The number of carbonyl (C=O) groups is 1. The van der Waals surface area contributed by atoms with Crippen molar-refractivity contribution < 1.29 is 23.1 Å². The molecule has 0 radical (unpaired) electrons. The highest BCUT2D eigenvalue weighted by Gasteiger charge is 2.48. The molecule has 5 nitrogen and oxygen atoms in total. The lowest BCUT2D eigenvalue weighted by atomic mass is 9.71. The molecule has 158 valence electrons. The van der Waals surface area contributed by atoms with Crippen LogP contribution in [0.2, 0.25) is 0 Å². The van der Waals surface area contributed by atoms with E-state index in [1.54, 1.807) is 12.1 Å². The summed E-state index contributed by atoms with van der Waals surface area (Å²) in [6.45, 7) is 5.87. The van der Waals surface area contributed by atoms with E-state index in [-0.39, 0.29) is 29.8 Å². The van der Waals surface area contributed by atoms with Crippen LogP contribution >= 0.6 is 0 Å². The molecule has 3 rings (SSSR count). The maximum Gasteiger partial charge on any atom is 0.417 e. The first kappa shape index (κ1) is 21.4. The molecule has 0 aromatic heterocycles. The molecule has 2 aliphatic rings. The van der Waals surface area contributed by atoms with Gasteiger partial charge < -0.3 is 14.9 Å². The molecule has 1 amide bonds. The molecule has 1 aromatic carbocycles. The lowest BCUT2D eigenvalue weighted by Crippen LogP contribution is -2.48. The van der Waals surface area contributed by atoms with Crippen molar-refractivity contribution in [2.24, 2.45) is 17.3 Å². The predicted octanol–water partition coefficient (Wildman–Crippen LogP) is 3.27. The smallest absolute Gasteiger partial charge is 0.396 e. The number of halogens is 3. The van der Waals surface area contributed by atoms with Gasteiger partial charge in [-0.2, -0.15) is 18.4 Å². The Kier molecular flexibility index (Phi) is 5.81. The Morgan fingerprint density at radius 2 is 2.00 bits per heavy atom. The second kappa shape index (κ2) is 7.86. The summed E-state index contributed by atoms with van der Waals surface area (Å²) in [4.78, 5) is 16.0. The first-order chi connectivity index (χ1) is 13.6. The number of hydrogen-bond acceptors (Lipinski definition) is 4. The third kappa shape index (κ3) is 4.06. The number of piperidine rings is 1. The van der Waals surface area contributed by atoms with E-state index < -0.39 is 17.3 Å². The van der Waals surface area contributed by atoms with Crippen molar-refractivity contribution in [3.05, 3.63) is 29.3 Å². The Hall–Kier alpha value is -2.27. The summed E-state index contributed by atoms with van der Waals surface area (Å²) in [6.07, 6.45) is -3.16. The molecule has 1 spiro atoms. The van der Waals surface area contributed by atoms with Crippen LogP contribution in [0.4, 0.5) is 18.9 Å². The summed E-state index contributed by atoms with van der Waals surface area (Å²) in [6, 6.07) is 5.39. The van der Waals surface area contributed by atoms with Gasteiger partial charge in [0.2, 0.25) is 5.91 Å². The van der Waals surface area contributed by atoms with Crippen LogP contribution in [-0.2, 0) is 11.0 Å². The van der Waals surface area contributed by atoms with E-state index >= 15 is 0 Å². The molecule has 1 N–H and O–H groups in total. The first-order valence-electron chi connectivity index (χ1n) is 9.87. The Morgan fingerprint density at radius 3 is 2.52 bits per heavy atom. The topological polar surface area (TPSA) is 67.6 Å². The minimum absolute atomic E-state index is 0.0446. The number of amides is 1. The molecule has 2 aliphatic heterocycles. The van der Waals surface area contributed by atoms with E-state index in [1.165, 1.54) is 6.07 Å². The average molecular weight is 409 g/mol. The lowest BCUT2D eigenvalue weighted by Gasteiger charge is -2.42. The molecule has 0 aliphatic carbocycles. The average Bonchev–Trinajstić information content (AvgIpc) is 3.04. The van der Waals surface area contributed by atoms with Crippen molar-refractivity contribution in [3.8, 4) is 6.07 Å². The molecule has 0 bridgehead atoms. The van der Waals surface area contributed by atoms with Crippen LogP contribution < -0.4 is 4.90 Å². The fraction of sp³-hybridized carbons (Fsp3) is 0.619. The predicted molar refractivity (Wildman–Crippen MR) is 102 cm³/mol. The number of nitrogens with zero attached hydrogens (tertiary/aromatic N) is 3. The van der Waals surface area contributed by atoms with Crippen LogP contribution in [0.5, 0.6) is 0 Å². The lowest BCUT2D eigenvalue weighted by molar-refractivity contribution is -0.138. The number of hydrogen-bond donors (Lipinski definition) is 1. The van der Waals surface area contributed by atoms with Gasteiger partial charge in [-0.25, -0.2) is 0 Å². The minimum atomic E-state index is -4.60. The van der Waals surface area contributed by atoms with Gasteiger partial charge in [-0.15, -0.1) is 0 Å². The van der Waals surface area contributed by atoms with Crippen LogP contribution in [0.3, 0.4) is 0 Å². The monoisotopic (exact) mass is 409 g/mol. The number of nitriles is 1. The van der Waals surface area contributed by atoms with Crippen molar-refractivity contribution >= 4 is 11.6 Å². The molecular weight excluding hydrogens is 383 g/mol. The molecule has 8 heteroatoms. The van der Waals surface area contributed by atoms with Crippen molar-refractivity contribution in [3.63, 3.8) is 0 Å². The van der Waals surface area contributed by atoms with E-state index in [2.05, 4.69) is 0 Å². The Morgan fingerprint density at radius 1 is 1.34 bits per heavy atom. The number of aliphatic hydroxyl groups is 1. The highest BCUT2D eigenvalue weighted by molar-refractivity contribution is 5.78. The van der Waals surface area contributed by atoms with Gasteiger partial charge >= 0.3 is 6.18 Å². The van der Waals surface area contributed by atoms with Gasteiger partial charge in [-0.3, -0.25) is 4.79 Å². The van der Waals surface area contributed by atoms with E-state index in [4.69, 9.17) is 5.26 Å². The van der Waals surface area contributed by atoms with E-state index in [0.717, 1.165) is 18.9 Å². The summed E-state index contributed by atoms with van der Waals surface area (Å²) in [5.41, 5.74) is -1.15. The standard InChI is InChI=1S/C21H26F3N3O2/c1-14(2)19(29)26-7-5-20(6-8-26)13-27(11-16(20)12-28)17-4-3-15(10-25)18(9-17)21(22,23)24/h3-4,9,14,16,28H,5-8,11-13H2,1-2H3. The number of benzene rings is 1. The molecule has 2 heterocycles. The summed E-state index contributed by atoms with van der Waals surface area (Å²) >= 11 is 0. The fourth-order valence-corrected chi connectivity index (χ4v) is 4.65. The van der Waals surface area contributed by atoms with Crippen molar-refractivity contribution in [2.45, 2.75) is 32.9 Å². The van der Waals surface area contributed by atoms with Gasteiger partial charge in [0.05, 0.1) is 17.2 Å². The van der Waals surface area contributed by atoms with Crippen LogP contribution in [0.15, 0.2) is 18.2 Å². The summed E-state index contributed by atoms with van der Waals surface area (Å²) in [7, 11) is 0. The van der Waals surface area contributed by atoms with Gasteiger partial charge in [0.25, 0.3) is 0 Å². The quantitative estimate of drug-likeness (QED) is 0.832. The molecule has 1 unspecified atom stereocenters. The highest BCUT2D eigenvalue weighted by atomic mass is 19.4. The molecule has 0 saturated carbocycles. The van der Waals surface area contributed by atoms with Crippen LogP contribution in [0.25, 0.3) is 0 Å². The second-order valence-electron chi connectivity index (χ2n) is 8.44. The number of likely N-dealkylation sites (tertiary alicyclic amines) is 1. The number of aliphatic hydroxyl groups excluding tert-OH is 1. The molecule has 29 heavy (non-hydrogen) atoms. The van der Waals surface area contributed by atoms with Crippen LogP contribution in [-0.4, -0.2) is 48.7 Å². The highest BCUT2D eigenvalue weighted by Crippen LogP contribution is 2.46. The molecule has 2 fully saturated rings. The van der Waals surface area contributed by atoms with Gasteiger partial charge in [0.15, 0.2) is 0 Å². The third-order valence-corrected chi connectivity index (χ3v) is 6.39. The summed E-state index contributed by atoms with van der Waals surface area (Å²) in [5, 5.41) is 18.9. The zero-order valence-corrected chi connectivity index (χ0v) is 16.7. The second-order valence-corrected chi connectivity index (χ2v) is 8.44. The molecule has 1 aromatic rings. The number of anilines is 1. The van der Waals surface area contributed by atoms with E-state index in [1.807, 2.05) is 23.6 Å². The molecule has 1 atom stereocenters. The first-order valence-corrected chi connectivity index (χ1v) is 9.87. The Balaban J connectivity index is 1.82. The normalized spacial score (nSPS) is 21.7. The minimum Gasteiger partial charge on any atom is -0.396 e. The van der Waals surface area contributed by atoms with Crippen molar-refractivity contribution in [1.82, 2.24) is 4.90 Å². The number of rotatable bonds is 3. The van der Waals surface area contributed by atoms with Gasteiger partial charge in [-0.05, 0) is 36.5 Å². The van der Waals surface area contributed by atoms with Gasteiger partial charge in [0.1, 0.15) is 0 Å². The van der Waals surface area contributed by atoms with Gasteiger partial charge in [-0.1, -0.05) is 13.8 Å². The zero-order valence-electron chi connectivity index (χ0n) is 16.7. The summed E-state index contributed by atoms with van der Waals surface area (Å²) < 4.78 is 40.0. The Bertz CT molecular complexity index is 808. The fourth-order valence-electron chi connectivity index (χ4n) is 4.65. The Labute approximate surface area is 168 Å². The third-order valence-electron chi connectivity index (χ3n) is 6.39. The maximum atomic E-state index is 13.3. The maximum absolute atomic E-state index is 13.3. The van der Waals surface area contributed by atoms with Crippen molar-refractivity contribution in [2.75, 3.05) is 37.7 Å². The number of alkyl halides is 3. The molecule has 2 saturated heterocycles. The van der Waals surface area contributed by atoms with Crippen LogP contribution in [0, 0.1) is 28.6 Å². The molecular formula is C21H26F3N3O2. The van der Waals surface area contributed by atoms with E-state index in [9.17, 15) is 23.1 Å². The van der Waals surface area contributed by atoms with E-state index in [0.29, 0.717) is 31.9 Å².